The van der Waals surface area contributed by atoms with E-state index >= 15 is 0 Å². The van der Waals surface area contributed by atoms with Crippen molar-refractivity contribution in [3.8, 4) is 45.1 Å². The van der Waals surface area contributed by atoms with Crippen molar-refractivity contribution in [2.45, 2.75) is 92.4 Å². The number of para-hydroxylation sites is 1. The quantitative estimate of drug-likeness (QED) is 0.162. The molecule has 0 spiro atoms. The van der Waals surface area contributed by atoms with E-state index in [9.17, 15) is 5.11 Å². The summed E-state index contributed by atoms with van der Waals surface area (Å²) in [5, 5.41) is 12.6. The number of aromatic hydroxyl groups is 1. The number of hydrogen-bond acceptors (Lipinski definition) is 3. The van der Waals surface area contributed by atoms with E-state index in [1.165, 1.54) is 34.4 Å². The molecule has 0 saturated carbocycles. The van der Waals surface area contributed by atoms with Gasteiger partial charge in [0.05, 0.1) is 0 Å². The van der Waals surface area contributed by atoms with E-state index in [4.69, 9.17) is 9.97 Å². The molecule has 4 nitrogen and oxygen atoms in total. The van der Waals surface area contributed by atoms with Crippen molar-refractivity contribution in [3.05, 3.63) is 195 Å². The monoisotopic (exact) mass is 1050 g/mol. The molecule has 8 aromatic rings. The molecule has 0 bridgehead atoms. The first-order chi connectivity index (χ1) is 30.9. The number of nitrogens with zero attached hydrogens (tertiary/aromatic N) is 3. The molecule has 0 amide bonds. The number of pyridine rings is 1. The normalized spacial score (nSPS) is 13.6. The van der Waals surface area contributed by atoms with Crippen molar-refractivity contribution < 1.29 is 5.11 Å². The summed E-state index contributed by atoms with van der Waals surface area (Å²) in [6.07, 6.45) is 4.37. The van der Waals surface area contributed by atoms with Gasteiger partial charge in [0.25, 0.3) is 0 Å². The van der Waals surface area contributed by atoms with Crippen LogP contribution in [0, 0.1) is 13.8 Å². The zero-order valence-electron chi connectivity index (χ0n) is 39.7. The molecule has 65 heavy (non-hydrogen) atoms. The molecular formula is C60H60BiN3O. The molecule has 0 radical (unpaired) electrons. The molecule has 0 fully saturated rings. The summed E-state index contributed by atoms with van der Waals surface area (Å²) in [4.78, 5) is 10.8. The Balaban J connectivity index is 1.36. The van der Waals surface area contributed by atoms with Crippen LogP contribution in [0.15, 0.2) is 156 Å². The number of imidazole rings is 1. The average Bonchev–Trinajstić information content (AvgIpc) is 3.88. The molecule has 1 N–H and O–H groups in total. The van der Waals surface area contributed by atoms with Crippen molar-refractivity contribution >= 4 is 44.9 Å². The van der Waals surface area contributed by atoms with Gasteiger partial charge in [-0.05, 0) is 0 Å². The third-order valence-electron chi connectivity index (χ3n) is 12.8. The van der Waals surface area contributed by atoms with Crippen LogP contribution in [-0.2, 0) is 16.2 Å². The molecule has 0 atom stereocenters. The summed E-state index contributed by atoms with van der Waals surface area (Å²) >= 11 is -2.96. The van der Waals surface area contributed by atoms with Gasteiger partial charge in [0.15, 0.2) is 0 Å². The third kappa shape index (κ3) is 8.45. The number of fused-ring (bicyclic) bond motifs is 1. The fourth-order valence-electron chi connectivity index (χ4n) is 9.17. The van der Waals surface area contributed by atoms with E-state index in [2.05, 4.69) is 230 Å². The summed E-state index contributed by atoms with van der Waals surface area (Å²) in [5.74, 6) is 1.00. The van der Waals surface area contributed by atoms with E-state index in [-0.39, 0.29) is 22.0 Å². The van der Waals surface area contributed by atoms with Crippen molar-refractivity contribution in [1.29, 1.82) is 0 Å². The van der Waals surface area contributed by atoms with Gasteiger partial charge >= 0.3 is 397 Å². The van der Waals surface area contributed by atoms with Gasteiger partial charge in [0, 0.05) is 0 Å². The van der Waals surface area contributed by atoms with Crippen LogP contribution in [0.1, 0.15) is 101 Å². The molecule has 1 aliphatic rings. The van der Waals surface area contributed by atoms with E-state index in [0.29, 0.717) is 0 Å². The predicted octanol–water partition coefficient (Wildman–Crippen LogP) is 14.6. The number of hydrogen-bond donors (Lipinski definition) is 1. The van der Waals surface area contributed by atoms with Crippen LogP contribution in [-0.4, -0.2) is 41.4 Å². The van der Waals surface area contributed by atoms with E-state index in [1.54, 1.807) is 0 Å². The standard InChI is InChI=1S/C52H51N3O.C8H9.Bi/c1-34(44-30-38(28-29-53-44)35-18-13-11-14-19-35)24-25-37-22-17-23-46-47(37)54-49(42-32-40(51(5,6)7)33-43(48(42)56)52(8,9)10)55(46)45-27-26-39(50(2,3)4)31-41(45)36-20-15-12-16-21-36;1-7-4-3-5-8(2)6-7;/h1,11-24,26-33,56H,2-10H3;3-5H,1-2H3;. The second kappa shape index (κ2) is 16.8. The van der Waals surface area contributed by atoms with Crippen LogP contribution in [0.3, 0.4) is 0 Å². The average molecular weight is 1050 g/mol. The second-order valence-electron chi connectivity index (χ2n) is 20.7. The summed E-state index contributed by atoms with van der Waals surface area (Å²) in [7, 11) is 0. The molecule has 9 rings (SSSR count). The first-order valence-corrected chi connectivity index (χ1v) is 28.3. The zero-order valence-corrected chi connectivity index (χ0v) is 43.2. The molecule has 2 aromatic heterocycles. The Morgan fingerprint density at radius 1 is 0.554 bits per heavy atom. The number of phenols is 1. The predicted molar refractivity (Wildman–Crippen MR) is 277 cm³/mol. The molecular weight excluding hydrogens is 988 g/mol. The summed E-state index contributed by atoms with van der Waals surface area (Å²) < 4.78 is 7.80. The van der Waals surface area contributed by atoms with Gasteiger partial charge in [-0.1, -0.05) is 0 Å². The van der Waals surface area contributed by atoms with Crippen molar-refractivity contribution in [1.82, 2.24) is 14.5 Å². The Bertz CT molecular complexity index is 3150. The maximum absolute atomic E-state index is 12.6. The number of aryl methyl sites for hydroxylation is 2. The fourth-order valence-corrected chi connectivity index (χ4v) is 19.4. The number of rotatable bonds is 7. The first-order valence-electron chi connectivity index (χ1n) is 22.8. The van der Waals surface area contributed by atoms with Gasteiger partial charge in [-0.25, -0.2) is 0 Å². The summed E-state index contributed by atoms with van der Waals surface area (Å²) in [6.45, 7) is 24.6. The van der Waals surface area contributed by atoms with Gasteiger partial charge in [0.1, 0.15) is 0 Å². The molecule has 326 valence electrons. The van der Waals surface area contributed by atoms with Crippen LogP contribution in [0.5, 0.6) is 5.75 Å². The summed E-state index contributed by atoms with van der Waals surface area (Å²) in [5.41, 5.74) is 17.0. The first kappa shape index (κ1) is 44.3. The molecule has 0 saturated heterocycles. The fraction of sp³-hybridized carbons (Fsp3) is 0.233. The SMILES string of the molecule is Cc1cccc(C)[c]1[Bi]1[CH]=C(c2cc(-c3ccccc3)ccn2)C=[C]1c1cccc2c1nc(-c1cc(C(C)(C)C)cc(C(C)(C)C)c1O)n2-c1ccc(C(C)(C)C)cc1-c1ccccc1. The number of allylic oxidation sites excluding steroid dienone is 2. The number of phenolic OH excluding ortho intramolecular Hbond substituents is 1. The van der Waals surface area contributed by atoms with E-state index in [0.717, 1.165) is 67.2 Å². The maximum atomic E-state index is 12.6. The van der Waals surface area contributed by atoms with Gasteiger partial charge in [0.2, 0.25) is 0 Å². The molecule has 6 aromatic carbocycles. The summed E-state index contributed by atoms with van der Waals surface area (Å²) in [6, 6.07) is 50.3. The van der Waals surface area contributed by atoms with Crippen molar-refractivity contribution in [2.75, 3.05) is 0 Å². The Kier molecular flexibility index (Phi) is 11.5. The van der Waals surface area contributed by atoms with Crippen molar-refractivity contribution in [3.63, 3.8) is 0 Å². The van der Waals surface area contributed by atoms with Crippen LogP contribution in [0.25, 0.3) is 59.2 Å². The molecule has 5 heteroatoms. The Morgan fingerprint density at radius 3 is 1.83 bits per heavy atom. The van der Waals surface area contributed by atoms with E-state index in [1.807, 2.05) is 6.20 Å². The van der Waals surface area contributed by atoms with Crippen LogP contribution in [0.4, 0.5) is 0 Å². The molecule has 0 aliphatic carbocycles. The van der Waals surface area contributed by atoms with Gasteiger partial charge in [-0.2, -0.15) is 0 Å². The topological polar surface area (TPSA) is 50.9 Å². The van der Waals surface area contributed by atoms with Gasteiger partial charge < -0.3 is 0 Å². The van der Waals surface area contributed by atoms with Gasteiger partial charge in [-0.3, -0.25) is 0 Å². The van der Waals surface area contributed by atoms with Crippen LogP contribution in [0.2, 0.25) is 0 Å². The second-order valence-corrected chi connectivity index (χ2v) is 28.2. The Hall–Kier alpha value is -5.90. The molecule has 0 unspecified atom stereocenters. The minimum atomic E-state index is -2.96. The van der Waals surface area contributed by atoms with Crippen LogP contribution < -0.4 is 3.27 Å². The van der Waals surface area contributed by atoms with Gasteiger partial charge in [-0.15, -0.1) is 0 Å². The van der Waals surface area contributed by atoms with Crippen molar-refractivity contribution in [2.24, 2.45) is 0 Å². The Morgan fingerprint density at radius 2 is 1.18 bits per heavy atom. The zero-order chi connectivity index (χ0) is 46.0. The van der Waals surface area contributed by atoms with Crippen LogP contribution >= 0.6 is 0 Å². The Labute approximate surface area is 394 Å². The number of benzene rings is 6. The van der Waals surface area contributed by atoms with E-state index < -0.39 is 21.8 Å². The third-order valence-corrected chi connectivity index (χ3v) is 23.0. The molecule has 3 heterocycles. The number of aromatic nitrogens is 3. The molecule has 1 aliphatic heterocycles. The minimum absolute atomic E-state index is 0.0688.